The van der Waals surface area contributed by atoms with Crippen molar-refractivity contribution in [3.05, 3.63) is 90.5 Å². The van der Waals surface area contributed by atoms with Gasteiger partial charge in [0.1, 0.15) is 11.5 Å². The number of phenolic OH excluding ortho intramolecular Hbond substituents is 2. The lowest BCUT2D eigenvalue weighted by molar-refractivity contribution is 0.475. The summed E-state index contributed by atoms with van der Waals surface area (Å²) in [5.74, 6) is 0.644. The fourth-order valence-corrected chi connectivity index (χ4v) is 1.82. The van der Waals surface area contributed by atoms with Crippen LogP contribution in [0.4, 0.5) is 0 Å². The lowest BCUT2D eigenvalue weighted by atomic mass is 10.2. The van der Waals surface area contributed by atoms with Crippen LogP contribution in [-0.2, 0) is 11.1 Å². The molecule has 0 aliphatic heterocycles. The molecule has 0 atom stereocenters. The molecule has 0 unspecified atom stereocenters. The summed E-state index contributed by atoms with van der Waals surface area (Å²) in [4.78, 5) is 0. The van der Waals surface area contributed by atoms with Crippen LogP contribution in [0.25, 0.3) is 0 Å². The highest BCUT2D eigenvalue weighted by Crippen LogP contribution is 2.03. The average molecular weight is 341 g/mol. The topological polar surface area (TPSA) is 83.6 Å². The summed E-state index contributed by atoms with van der Waals surface area (Å²) in [5.41, 5.74) is 6.42. The van der Waals surface area contributed by atoms with Crippen molar-refractivity contribution in [2.24, 2.45) is 5.73 Å². The Morgan fingerprint density at radius 3 is 1.38 bits per heavy atom. The zero-order valence-electron chi connectivity index (χ0n) is 13.1. The minimum atomic E-state index is 0.0671. The van der Waals surface area contributed by atoms with Gasteiger partial charge in [-0.25, -0.2) is 0 Å². The summed E-state index contributed by atoms with van der Waals surface area (Å²) in [5, 5.41) is 18.1. The Kier molecular flexibility index (Phi) is 9.55. The molecule has 3 aromatic carbocycles. The first-order chi connectivity index (χ1) is 11.7. The third kappa shape index (κ3) is 8.69. The summed E-state index contributed by atoms with van der Waals surface area (Å²) < 4.78 is 10.3. The molecule has 0 aliphatic rings. The third-order valence-corrected chi connectivity index (χ3v) is 3.30. The molecule has 0 radical (unpaired) electrons. The number of rotatable bonds is 2. The van der Waals surface area contributed by atoms with Gasteiger partial charge in [-0.15, -0.1) is 0 Å². The molecule has 4 N–H and O–H groups in total. The molecule has 24 heavy (non-hydrogen) atoms. The van der Waals surface area contributed by atoms with E-state index in [0.29, 0.717) is 18.0 Å². The Morgan fingerprint density at radius 1 is 0.708 bits per heavy atom. The van der Waals surface area contributed by atoms with Gasteiger partial charge in [-0.2, -0.15) is 0 Å². The van der Waals surface area contributed by atoms with Gasteiger partial charge in [0, 0.05) is 11.8 Å². The van der Waals surface area contributed by atoms with E-state index < -0.39 is 0 Å². The first-order valence-corrected chi connectivity index (χ1v) is 8.07. The maximum Gasteiger partial charge on any atom is 0.192 e. The van der Waals surface area contributed by atoms with E-state index in [1.807, 2.05) is 24.3 Å². The second-order valence-electron chi connectivity index (χ2n) is 4.63. The van der Waals surface area contributed by atoms with E-state index in [1.165, 1.54) is 0 Å². The van der Waals surface area contributed by atoms with Crippen LogP contribution in [0.5, 0.6) is 11.5 Å². The molecule has 5 heteroatoms. The maximum atomic E-state index is 10.3. The Hall–Kier alpha value is -2.68. The summed E-state index contributed by atoms with van der Waals surface area (Å²) in [6.45, 7) is 0.538. The van der Waals surface area contributed by atoms with Crippen LogP contribution in [0.1, 0.15) is 5.56 Å². The van der Waals surface area contributed by atoms with E-state index >= 15 is 0 Å². The van der Waals surface area contributed by atoms with E-state index in [9.17, 15) is 4.57 Å². The van der Waals surface area contributed by atoms with Gasteiger partial charge in [0.25, 0.3) is 0 Å². The molecule has 0 amide bonds. The molecule has 0 spiro atoms. The molecule has 124 valence electrons. The summed E-state index contributed by atoms with van der Waals surface area (Å²) >= 11 is 0. The number of hydrogen-bond acceptors (Lipinski definition) is 4. The van der Waals surface area contributed by atoms with Gasteiger partial charge in [0.05, 0.1) is 0 Å². The van der Waals surface area contributed by atoms with Gasteiger partial charge in [0.15, 0.2) is 8.46 Å². The van der Waals surface area contributed by atoms with Crippen molar-refractivity contribution in [2.75, 3.05) is 0 Å². The zero-order chi connectivity index (χ0) is 17.6. The Balaban J connectivity index is 0.000000185. The number of hydrogen-bond donors (Lipinski definition) is 3. The van der Waals surface area contributed by atoms with Crippen LogP contribution in [0.3, 0.4) is 0 Å². The van der Waals surface area contributed by atoms with Crippen LogP contribution >= 0.6 is 8.46 Å². The minimum Gasteiger partial charge on any atom is -0.508 e. The highest BCUT2D eigenvalue weighted by molar-refractivity contribution is 7.34. The Bertz CT molecular complexity index is 651. The highest BCUT2D eigenvalue weighted by Gasteiger charge is 1.89. The van der Waals surface area contributed by atoms with Crippen molar-refractivity contribution in [1.29, 1.82) is 0 Å². The predicted octanol–water partition coefficient (Wildman–Crippen LogP) is 3.85. The summed E-state index contributed by atoms with van der Waals surface area (Å²) in [6, 6.07) is 24.8. The van der Waals surface area contributed by atoms with Crippen molar-refractivity contribution in [3.8, 4) is 11.5 Å². The maximum absolute atomic E-state index is 10.3. The smallest absolute Gasteiger partial charge is 0.192 e. The highest BCUT2D eigenvalue weighted by atomic mass is 31.1. The number of aromatic hydroxyl groups is 2. The van der Waals surface area contributed by atoms with Crippen LogP contribution < -0.4 is 11.0 Å². The molecule has 0 fully saturated rings. The van der Waals surface area contributed by atoms with Crippen molar-refractivity contribution < 1.29 is 14.8 Å². The first kappa shape index (κ1) is 19.4. The largest absolute Gasteiger partial charge is 0.508 e. The molecule has 0 aliphatic carbocycles. The van der Waals surface area contributed by atoms with Gasteiger partial charge >= 0.3 is 0 Å². The van der Waals surface area contributed by atoms with E-state index in [2.05, 4.69) is 0 Å². The SMILES string of the molecule is NCc1ccc(P=O)cc1.Oc1ccccc1.Oc1ccccc1. The fraction of sp³-hybridized carbons (Fsp3) is 0.0526. The van der Waals surface area contributed by atoms with Gasteiger partial charge < -0.3 is 15.9 Å². The number of benzene rings is 3. The van der Waals surface area contributed by atoms with Crippen LogP contribution in [0.15, 0.2) is 84.9 Å². The van der Waals surface area contributed by atoms with Gasteiger partial charge in [-0.3, -0.25) is 4.57 Å². The Labute approximate surface area is 143 Å². The van der Waals surface area contributed by atoms with E-state index in [0.717, 1.165) is 10.9 Å². The lowest BCUT2D eigenvalue weighted by Gasteiger charge is -1.93. The third-order valence-electron chi connectivity index (χ3n) is 2.79. The van der Waals surface area contributed by atoms with Gasteiger partial charge in [0.2, 0.25) is 0 Å². The average Bonchev–Trinajstić information content (AvgIpc) is 2.64. The van der Waals surface area contributed by atoms with Crippen LogP contribution in [-0.4, -0.2) is 10.2 Å². The molecule has 0 heterocycles. The van der Waals surface area contributed by atoms with Crippen LogP contribution in [0.2, 0.25) is 0 Å². The number of phenols is 2. The van der Waals surface area contributed by atoms with Crippen molar-refractivity contribution >= 4 is 13.8 Å². The fourth-order valence-electron chi connectivity index (χ4n) is 1.55. The molecule has 0 saturated carbocycles. The van der Waals surface area contributed by atoms with Gasteiger partial charge in [-0.05, 0) is 42.0 Å². The first-order valence-electron chi connectivity index (χ1n) is 7.26. The van der Waals surface area contributed by atoms with Gasteiger partial charge in [-0.1, -0.05) is 48.5 Å². The van der Waals surface area contributed by atoms with E-state index in [1.54, 1.807) is 60.7 Å². The van der Waals surface area contributed by atoms with E-state index in [-0.39, 0.29) is 8.46 Å². The predicted molar refractivity (Wildman–Crippen MR) is 97.8 cm³/mol. The molecule has 0 bridgehead atoms. The lowest BCUT2D eigenvalue weighted by Crippen LogP contribution is -1.98. The molecule has 3 rings (SSSR count). The molecule has 3 aromatic rings. The van der Waals surface area contributed by atoms with E-state index in [4.69, 9.17) is 15.9 Å². The summed E-state index contributed by atoms with van der Waals surface area (Å²) in [7, 11) is 0.0671. The zero-order valence-corrected chi connectivity index (χ0v) is 14.0. The monoisotopic (exact) mass is 341 g/mol. The molecular weight excluding hydrogens is 321 g/mol. The number of nitrogens with two attached hydrogens (primary N) is 1. The van der Waals surface area contributed by atoms with Crippen molar-refractivity contribution in [2.45, 2.75) is 6.54 Å². The molecule has 0 aromatic heterocycles. The van der Waals surface area contributed by atoms with Crippen molar-refractivity contribution in [1.82, 2.24) is 0 Å². The summed E-state index contributed by atoms with van der Waals surface area (Å²) in [6.07, 6.45) is 0. The molecular formula is C19H20NO3P. The van der Waals surface area contributed by atoms with Crippen LogP contribution in [0, 0.1) is 0 Å². The Morgan fingerprint density at radius 2 is 1.12 bits per heavy atom. The molecule has 4 nitrogen and oxygen atoms in total. The van der Waals surface area contributed by atoms with Crippen molar-refractivity contribution in [3.63, 3.8) is 0 Å². The normalized spacial score (nSPS) is 9.21. The second kappa shape index (κ2) is 11.8. The standard InChI is InChI=1S/C7H8NOP.2C6H6O/c8-5-6-1-3-7(10-9)4-2-6;2*7-6-4-2-1-3-5-6/h1-4H,5,8H2;2*1-5,7H. The minimum absolute atomic E-state index is 0.0671. The number of para-hydroxylation sites is 2. The molecule has 0 saturated heterocycles. The quantitative estimate of drug-likeness (QED) is 0.618. The second-order valence-corrected chi connectivity index (χ2v) is 5.33.